The maximum absolute atomic E-state index is 4.45. The van der Waals surface area contributed by atoms with E-state index in [1.165, 1.54) is 18.5 Å². The fraction of sp³-hybridized carbons (Fsp3) is 0.786. The zero-order valence-electron chi connectivity index (χ0n) is 12.2. The number of aryl methyl sites for hydroxylation is 2. The number of nitrogens with one attached hydrogen (secondary N) is 1. The quantitative estimate of drug-likeness (QED) is 0.848. The van der Waals surface area contributed by atoms with Gasteiger partial charge < -0.3 is 5.32 Å². The van der Waals surface area contributed by atoms with Gasteiger partial charge in [0, 0.05) is 19.3 Å². The predicted octanol–water partition coefficient (Wildman–Crippen LogP) is 3.61. The van der Waals surface area contributed by atoms with Gasteiger partial charge in [0.25, 0.3) is 0 Å². The van der Waals surface area contributed by atoms with Gasteiger partial charge in [0.2, 0.25) is 0 Å². The molecule has 0 radical (unpaired) electrons. The zero-order valence-corrected chi connectivity index (χ0v) is 12.2. The molecule has 0 amide bonds. The van der Waals surface area contributed by atoms with Crippen LogP contribution in [0.2, 0.25) is 0 Å². The van der Waals surface area contributed by atoms with Crippen molar-refractivity contribution in [2.75, 3.05) is 5.32 Å². The number of hydrogen-bond donors (Lipinski definition) is 1. The van der Waals surface area contributed by atoms with Gasteiger partial charge in [-0.1, -0.05) is 27.7 Å². The van der Waals surface area contributed by atoms with Gasteiger partial charge in [-0.2, -0.15) is 5.10 Å². The largest absolute Gasteiger partial charge is 0.380 e. The van der Waals surface area contributed by atoms with E-state index in [2.05, 4.69) is 51.2 Å². The second-order valence-electron chi connectivity index (χ2n) is 6.16. The summed E-state index contributed by atoms with van der Waals surface area (Å²) in [7, 11) is 1.98. The Labute approximate surface area is 106 Å². The normalized spacial score (nSPS) is 13.8. The third-order valence-electron chi connectivity index (χ3n) is 2.97. The van der Waals surface area contributed by atoms with Crippen molar-refractivity contribution < 1.29 is 0 Å². The van der Waals surface area contributed by atoms with Crippen molar-refractivity contribution in [2.45, 2.75) is 59.9 Å². The van der Waals surface area contributed by atoms with E-state index in [-0.39, 0.29) is 0 Å². The highest BCUT2D eigenvalue weighted by atomic mass is 15.3. The summed E-state index contributed by atoms with van der Waals surface area (Å²) in [5.41, 5.74) is 2.77. The highest BCUT2D eigenvalue weighted by molar-refractivity contribution is 5.47. The maximum Gasteiger partial charge on any atom is 0.0853 e. The molecular weight excluding hydrogens is 210 g/mol. The maximum atomic E-state index is 4.45. The lowest BCUT2D eigenvalue weighted by Crippen LogP contribution is -2.18. The van der Waals surface area contributed by atoms with Crippen molar-refractivity contribution in [3.8, 4) is 0 Å². The highest BCUT2D eigenvalue weighted by Gasteiger charge is 2.14. The van der Waals surface area contributed by atoms with Crippen molar-refractivity contribution in [1.29, 1.82) is 0 Å². The van der Waals surface area contributed by atoms with Crippen LogP contribution in [-0.4, -0.2) is 15.8 Å². The van der Waals surface area contributed by atoms with Crippen molar-refractivity contribution >= 4 is 5.69 Å². The summed E-state index contributed by atoms with van der Waals surface area (Å²) >= 11 is 0. The molecule has 0 aliphatic heterocycles. The third kappa shape index (κ3) is 4.80. The number of rotatable bonds is 5. The molecule has 0 aliphatic carbocycles. The standard InChI is InChI=1S/C14H27N3/c1-7-12-13(10-17(6)16-12)15-11(2)8-9-14(3,4)5/h10-11,15H,7-9H2,1-6H3. The van der Waals surface area contributed by atoms with Crippen LogP contribution in [0, 0.1) is 5.41 Å². The van der Waals surface area contributed by atoms with E-state index in [1.807, 2.05) is 11.7 Å². The van der Waals surface area contributed by atoms with Gasteiger partial charge in [0.05, 0.1) is 11.4 Å². The lowest BCUT2D eigenvalue weighted by Gasteiger charge is -2.22. The second kappa shape index (κ2) is 5.56. The van der Waals surface area contributed by atoms with E-state index in [1.54, 1.807) is 0 Å². The van der Waals surface area contributed by atoms with Crippen LogP contribution in [0.4, 0.5) is 5.69 Å². The molecule has 0 saturated carbocycles. The van der Waals surface area contributed by atoms with Gasteiger partial charge in [0.1, 0.15) is 0 Å². The van der Waals surface area contributed by atoms with Crippen LogP contribution >= 0.6 is 0 Å². The zero-order chi connectivity index (χ0) is 13.1. The van der Waals surface area contributed by atoms with Gasteiger partial charge in [-0.15, -0.1) is 0 Å². The van der Waals surface area contributed by atoms with Gasteiger partial charge in [-0.05, 0) is 31.6 Å². The number of aromatic nitrogens is 2. The van der Waals surface area contributed by atoms with Crippen LogP contribution in [0.5, 0.6) is 0 Å². The van der Waals surface area contributed by atoms with Crippen LogP contribution in [0.3, 0.4) is 0 Å². The molecule has 1 unspecified atom stereocenters. The first-order valence-electron chi connectivity index (χ1n) is 6.61. The van der Waals surface area contributed by atoms with Crippen molar-refractivity contribution in [3.63, 3.8) is 0 Å². The topological polar surface area (TPSA) is 29.9 Å². The minimum atomic E-state index is 0.415. The predicted molar refractivity (Wildman–Crippen MR) is 74.4 cm³/mol. The Balaban J connectivity index is 2.52. The summed E-state index contributed by atoms with van der Waals surface area (Å²) < 4.78 is 1.89. The van der Waals surface area contributed by atoms with Gasteiger partial charge in [-0.3, -0.25) is 4.68 Å². The van der Waals surface area contributed by atoms with Crippen LogP contribution in [-0.2, 0) is 13.5 Å². The molecule has 3 heteroatoms. The summed E-state index contributed by atoms with van der Waals surface area (Å²) in [6.45, 7) is 11.3. The molecule has 0 spiro atoms. The van der Waals surface area contributed by atoms with Crippen LogP contribution < -0.4 is 5.32 Å². The summed E-state index contributed by atoms with van der Waals surface area (Å²) in [4.78, 5) is 0. The smallest absolute Gasteiger partial charge is 0.0853 e. The minimum absolute atomic E-state index is 0.415. The Bertz CT molecular complexity index is 347. The fourth-order valence-electron chi connectivity index (χ4n) is 1.90. The molecule has 0 fully saturated rings. The molecule has 1 atom stereocenters. The van der Waals surface area contributed by atoms with E-state index in [9.17, 15) is 0 Å². The molecule has 0 aromatic carbocycles. The van der Waals surface area contributed by atoms with E-state index in [4.69, 9.17) is 0 Å². The lowest BCUT2D eigenvalue weighted by atomic mass is 9.89. The van der Waals surface area contributed by atoms with E-state index >= 15 is 0 Å². The first kappa shape index (κ1) is 14.1. The summed E-state index contributed by atoms with van der Waals surface area (Å²) in [5, 5.41) is 8.02. The fourth-order valence-corrected chi connectivity index (χ4v) is 1.90. The van der Waals surface area contributed by atoms with E-state index in [0.29, 0.717) is 11.5 Å². The van der Waals surface area contributed by atoms with Crippen molar-refractivity contribution in [3.05, 3.63) is 11.9 Å². The highest BCUT2D eigenvalue weighted by Crippen LogP contribution is 2.23. The van der Waals surface area contributed by atoms with Crippen LogP contribution in [0.25, 0.3) is 0 Å². The molecule has 1 heterocycles. The molecule has 1 rings (SSSR count). The van der Waals surface area contributed by atoms with E-state index < -0.39 is 0 Å². The molecular formula is C14H27N3. The summed E-state index contributed by atoms with van der Waals surface area (Å²) in [6, 6.07) is 0.503. The molecule has 1 N–H and O–H groups in total. The average Bonchev–Trinajstić information content (AvgIpc) is 2.55. The Kier molecular flexibility index (Phi) is 4.61. The Morgan fingerprint density at radius 1 is 1.41 bits per heavy atom. The van der Waals surface area contributed by atoms with Gasteiger partial charge in [-0.25, -0.2) is 0 Å². The van der Waals surface area contributed by atoms with Crippen molar-refractivity contribution in [1.82, 2.24) is 9.78 Å². The molecule has 0 bridgehead atoms. The molecule has 0 aliphatic rings. The Morgan fingerprint density at radius 2 is 2.06 bits per heavy atom. The summed E-state index contributed by atoms with van der Waals surface area (Å²) in [5.74, 6) is 0. The molecule has 1 aromatic heterocycles. The SMILES string of the molecule is CCc1nn(C)cc1NC(C)CCC(C)(C)C. The number of hydrogen-bond acceptors (Lipinski definition) is 2. The first-order chi connectivity index (χ1) is 7.81. The number of anilines is 1. The lowest BCUT2D eigenvalue weighted by molar-refractivity contribution is 0.357. The van der Waals surface area contributed by atoms with Crippen LogP contribution in [0.1, 0.15) is 53.2 Å². The van der Waals surface area contributed by atoms with Crippen LogP contribution in [0.15, 0.2) is 6.20 Å². The first-order valence-corrected chi connectivity index (χ1v) is 6.61. The van der Waals surface area contributed by atoms with Gasteiger partial charge in [0.15, 0.2) is 0 Å². The van der Waals surface area contributed by atoms with Crippen molar-refractivity contribution in [2.24, 2.45) is 12.5 Å². The van der Waals surface area contributed by atoms with Gasteiger partial charge >= 0.3 is 0 Å². The Morgan fingerprint density at radius 3 is 2.59 bits per heavy atom. The molecule has 17 heavy (non-hydrogen) atoms. The molecule has 98 valence electrons. The average molecular weight is 237 g/mol. The molecule has 1 aromatic rings. The number of nitrogens with zero attached hydrogens (tertiary/aromatic N) is 2. The third-order valence-corrected chi connectivity index (χ3v) is 2.97. The molecule has 0 saturated heterocycles. The van der Waals surface area contributed by atoms with E-state index in [0.717, 1.165) is 12.1 Å². The Hall–Kier alpha value is -0.990. The molecule has 3 nitrogen and oxygen atoms in total. The second-order valence-corrected chi connectivity index (χ2v) is 6.16. The summed E-state index contributed by atoms with van der Waals surface area (Å²) in [6.07, 6.45) is 5.49. The monoisotopic (exact) mass is 237 g/mol. The minimum Gasteiger partial charge on any atom is -0.380 e.